The van der Waals surface area contributed by atoms with E-state index >= 15 is 0 Å². The number of hydrogen-bond donors (Lipinski definition) is 0. The Balaban J connectivity index is 2.94. The van der Waals surface area contributed by atoms with E-state index in [-0.39, 0.29) is 5.78 Å². The van der Waals surface area contributed by atoms with Crippen molar-refractivity contribution in [2.75, 3.05) is 7.11 Å². The van der Waals surface area contributed by atoms with Crippen LogP contribution in [0, 0.1) is 20.8 Å². The molecule has 0 N–H and O–H groups in total. The number of benzene rings is 1. The lowest BCUT2D eigenvalue weighted by Crippen LogP contribution is -1.95. The molecular weight excluding hydrogens is 308 g/mol. The second kappa shape index (κ2) is 9.83. The Hall–Kier alpha value is -2.35. The molecule has 0 spiro atoms. The third-order valence-electron chi connectivity index (χ3n) is 4.30. The summed E-state index contributed by atoms with van der Waals surface area (Å²) >= 11 is 0. The van der Waals surface area contributed by atoms with Crippen LogP contribution in [0.1, 0.15) is 49.4 Å². The summed E-state index contributed by atoms with van der Waals surface area (Å²) in [6.45, 7) is 12.2. The molecule has 0 bridgehead atoms. The van der Waals surface area contributed by atoms with Crippen LogP contribution in [0.4, 0.5) is 0 Å². The van der Waals surface area contributed by atoms with Crippen molar-refractivity contribution in [2.45, 2.75) is 48.0 Å². The number of carbonyl (C=O) groups is 1. The van der Waals surface area contributed by atoms with Gasteiger partial charge in [0.05, 0.1) is 7.11 Å². The van der Waals surface area contributed by atoms with Crippen LogP contribution in [-0.4, -0.2) is 12.9 Å². The maximum Gasteiger partial charge on any atom is 0.155 e. The topological polar surface area (TPSA) is 26.3 Å². The van der Waals surface area contributed by atoms with Crippen molar-refractivity contribution in [1.29, 1.82) is 0 Å². The normalized spacial score (nSPS) is 13.1. The Bertz CT molecular complexity index is 744. The van der Waals surface area contributed by atoms with Crippen LogP contribution in [0.25, 0.3) is 6.08 Å². The highest BCUT2D eigenvalue weighted by Gasteiger charge is 2.08. The van der Waals surface area contributed by atoms with Gasteiger partial charge in [0.1, 0.15) is 5.75 Å². The summed E-state index contributed by atoms with van der Waals surface area (Å²) < 4.78 is 5.42. The maximum atomic E-state index is 11.4. The van der Waals surface area contributed by atoms with Gasteiger partial charge in [-0.25, -0.2) is 0 Å². The monoisotopic (exact) mass is 338 g/mol. The average molecular weight is 338 g/mol. The second-order valence-electron chi connectivity index (χ2n) is 6.37. The molecule has 134 valence electrons. The van der Waals surface area contributed by atoms with Gasteiger partial charge in [0.2, 0.25) is 0 Å². The standard InChI is InChI=1S/C23H30O2/c1-8-21(24)14-17(3)11-9-10-16(2)12-13-22-18(4)15-23(25-7)20(6)19(22)5/h9-15H,8H2,1-7H3/b11-9+,13-12+,16-10+,17-14+. The lowest BCUT2D eigenvalue weighted by molar-refractivity contribution is -0.114. The van der Waals surface area contributed by atoms with Crippen LogP contribution >= 0.6 is 0 Å². The van der Waals surface area contributed by atoms with Gasteiger partial charge in [-0.1, -0.05) is 42.9 Å². The Morgan fingerprint density at radius 1 is 1.08 bits per heavy atom. The summed E-state index contributed by atoms with van der Waals surface area (Å²) in [6.07, 6.45) is 12.5. The first-order chi connectivity index (χ1) is 11.8. The molecule has 0 fully saturated rings. The Kier molecular flexibility index (Phi) is 8.13. The van der Waals surface area contributed by atoms with E-state index in [9.17, 15) is 4.79 Å². The first kappa shape index (κ1) is 20.7. The van der Waals surface area contributed by atoms with E-state index < -0.39 is 0 Å². The minimum absolute atomic E-state index is 0.156. The van der Waals surface area contributed by atoms with Gasteiger partial charge in [-0.05, 0) is 74.6 Å². The average Bonchev–Trinajstić information content (AvgIpc) is 2.57. The molecule has 0 radical (unpaired) electrons. The minimum Gasteiger partial charge on any atom is -0.496 e. The van der Waals surface area contributed by atoms with Crippen molar-refractivity contribution < 1.29 is 9.53 Å². The van der Waals surface area contributed by atoms with Gasteiger partial charge in [0.25, 0.3) is 0 Å². The van der Waals surface area contributed by atoms with Crippen LogP contribution in [-0.2, 0) is 4.79 Å². The smallest absolute Gasteiger partial charge is 0.155 e. The molecule has 1 aromatic carbocycles. The van der Waals surface area contributed by atoms with E-state index in [0.717, 1.165) is 16.9 Å². The van der Waals surface area contributed by atoms with E-state index in [1.165, 1.54) is 22.3 Å². The molecule has 0 aromatic heterocycles. The fourth-order valence-electron chi connectivity index (χ4n) is 2.56. The fraction of sp³-hybridized carbons (Fsp3) is 0.348. The summed E-state index contributed by atoms with van der Waals surface area (Å²) in [5.41, 5.74) is 6.98. The van der Waals surface area contributed by atoms with Crippen molar-refractivity contribution in [3.8, 4) is 5.75 Å². The summed E-state index contributed by atoms with van der Waals surface area (Å²) in [5, 5.41) is 0. The van der Waals surface area contributed by atoms with E-state index in [0.29, 0.717) is 6.42 Å². The van der Waals surface area contributed by atoms with Gasteiger partial charge >= 0.3 is 0 Å². The van der Waals surface area contributed by atoms with Crippen LogP contribution in [0.5, 0.6) is 5.75 Å². The van der Waals surface area contributed by atoms with E-state index in [2.05, 4.69) is 45.9 Å². The molecule has 1 rings (SSSR count). The van der Waals surface area contributed by atoms with Crippen molar-refractivity contribution in [1.82, 2.24) is 0 Å². The molecule has 0 aliphatic carbocycles. The number of allylic oxidation sites excluding steroid dienone is 7. The summed E-state index contributed by atoms with van der Waals surface area (Å²) in [5.74, 6) is 1.09. The first-order valence-electron chi connectivity index (χ1n) is 8.69. The zero-order valence-corrected chi connectivity index (χ0v) is 16.6. The molecule has 0 aliphatic rings. The van der Waals surface area contributed by atoms with Crippen LogP contribution < -0.4 is 4.74 Å². The van der Waals surface area contributed by atoms with Crippen molar-refractivity contribution in [3.63, 3.8) is 0 Å². The molecular formula is C23H30O2. The highest BCUT2D eigenvalue weighted by molar-refractivity contribution is 5.90. The highest BCUT2D eigenvalue weighted by Crippen LogP contribution is 2.28. The van der Waals surface area contributed by atoms with Gasteiger partial charge in [-0.2, -0.15) is 0 Å². The van der Waals surface area contributed by atoms with Crippen molar-refractivity contribution in [2.24, 2.45) is 0 Å². The van der Waals surface area contributed by atoms with Gasteiger partial charge in [0, 0.05) is 6.42 Å². The predicted molar refractivity (Wildman–Crippen MR) is 108 cm³/mol. The lowest BCUT2D eigenvalue weighted by Gasteiger charge is -2.13. The number of aryl methyl sites for hydroxylation is 1. The van der Waals surface area contributed by atoms with Gasteiger partial charge in [0.15, 0.2) is 5.78 Å². The SMILES string of the molecule is CCC(=O)/C=C(C)/C=C/C=C(C)/C=C/c1c(C)cc(OC)c(C)c1C. The van der Waals surface area contributed by atoms with Gasteiger partial charge < -0.3 is 4.74 Å². The number of ether oxygens (including phenoxy) is 1. The molecule has 0 heterocycles. The zero-order chi connectivity index (χ0) is 19.0. The highest BCUT2D eigenvalue weighted by atomic mass is 16.5. The zero-order valence-electron chi connectivity index (χ0n) is 16.6. The molecule has 25 heavy (non-hydrogen) atoms. The molecule has 0 unspecified atom stereocenters. The van der Waals surface area contributed by atoms with Crippen LogP contribution in [0.15, 0.2) is 47.6 Å². The van der Waals surface area contributed by atoms with E-state index in [4.69, 9.17) is 4.74 Å². The molecule has 0 amide bonds. The summed E-state index contributed by atoms with van der Waals surface area (Å²) in [4.78, 5) is 11.4. The summed E-state index contributed by atoms with van der Waals surface area (Å²) in [6, 6.07) is 2.08. The molecule has 2 nitrogen and oxygen atoms in total. The number of methoxy groups -OCH3 is 1. The van der Waals surface area contributed by atoms with Gasteiger partial charge in [-0.15, -0.1) is 0 Å². The predicted octanol–water partition coefficient (Wildman–Crippen LogP) is 6.06. The molecule has 0 saturated carbocycles. The quantitative estimate of drug-likeness (QED) is 0.446. The molecule has 1 aromatic rings. The first-order valence-corrected chi connectivity index (χ1v) is 8.69. The van der Waals surface area contributed by atoms with E-state index in [1.807, 2.05) is 32.1 Å². The third-order valence-corrected chi connectivity index (χ3v) is 4.30. The fourth-order valence-corrected chi connectivity index (χ4v) is 2.56. The lowest BCUT2D eigenvalue weighted by atomic mass is 9.96. The van der Waals surface area contributed by atoms with Crippen LogP contribution in [0.3, 0.4) is 0 Å². The Labute approximate surface area is 152 Å². The number of hydrogen-bond acceptors (Lipinski definition) is 2. The van der Waals surface area contributed by atoms with Gasteiger partial charge in [-0.3, -0.25) is 4.79 Å². The number of carbonyl (C=O) groups excluding carboxylic acids is 1. The summed E-state index contributed by atoms with van der Waals surface area (Å²) in [7, 11) is 1.71. The van der Waals surface area contributed by atoms with Crippen LogP contribution in [0.2, 0.25) is 0 Å². The minimum atomic E-state index is 0.156. The second-order valence-corrected chi connectivity index (χ2v) is 6.37. The maximum absolute atomic E-state index is 11.4. The Morgan fingerprint density at radius 2 is 1.76 bits per heavy atom. The molecule has 0 aliphatic heterocycles. The number of ketones is 1. The molecule has 0 atom stereocenters. The van der Waals surface area contributed by atoms with E-state index in [1.54, 1.807) is 13.2 Å². The van der Waals surface area contributed by atoms with Crippen molar-refractivity contribution >= 4 is 11.9 Å². The molecule has 0 saturated heterocycles. The Morgan fingerprint density at radius 3 is 2.36 bits per heavy atom. The number of rotatable bonds is 7. The molecule has 2 heteroatoms. The third kappa shape index (κ3) is 6.22. The largest absolute Gasteiger partial charge is 0.496 e. The van der Waals surface area contributed by atoms with Crippen molar-refractivity contribution in [3.05, 3.63) is 69.8 Å².